The minimum absolute atomic E-state index is 0.0560. The van der Waals surface area contributed by atoms with Crippen molar-refractivity contribution in [1.29, 1.82) is 10.5 Å². The molecular weight excluding hydrogens is 242 g/mol. The third-order valence-electron chi connectivity index (χ3n) is 2.55. The summed E-state index contributed by atoms with van der Waals surface area (Å²) in [5, 5.41) is 17.0. The largest absolute Gasteiger partial charge is 0.484 e. The Kier molecular flexibility index (Phi) is 5.91. The van der Waals surface area contributed by atoms with E-state index in [0.29, 0.717) is 25.1 Å². The van der Waals surface area contributed by atoms with E-state index in [2.05, 4.69) is 6.07 Å². The second-order valence-corrected chi connectivity index (χ2v) is 3.99. The summed E-state index contributed by atoms with van der Waals surface area (Å²) < 4.78 is 5.35. The van der Waals surface area contributed by atoms with Gasteiger partial charge in [0.1, 0.15) is 5.75 Å². The highest BCUT2D eigenvalue weighted by Gasteiger charge is 2.08. The zero-order valence-corrected chi connectivity index (χ0v) is 10.8. The van der Waals surface area contributed by atoms with Crippen LogP contribution in [0.15, 0.2) is 24.3 Å². The Morgan fingerprint density at radius 2 is 1.95 bits per heavy atom. The van der Waals surface area contributed by atoms with E-state index >= 15 is 0 Å². The number of likely N-dealkylation sites (N-methyl/N-ethyl adjacent to an activating group) is 1. The molecule has 0 saturated carbocycles. The molecule has 0 N–H and O–H groups in total. The maximum absolute atomic E-state index is 11.6. The number of rotatable bonds is 6. The van der Waals surface area contributed by atoms with Crippen molar-refractivity contribution >= 4 is 5.91 Å². The molecule has 1 amide bonds. The molecule has 0 bridgehead atoms. The van der Waals surface area contributed by atoms with E-state index < -0.39 is 0 Å². The molecule has 0 aliphatic carbocycles. The second-order valence-electron chi connectivity index (χ2n) is 3.99. The number of nitriles is 2. The van der Waals surface area contributed by atoms with Gasteiger partial charge in [-0.05, 0) is 17.7 Å². The molecule has 0 aromatic heterocycles. The minimum Gasteiger partial charge on any atom is -0.484 e. The van der Waals surface area contributed by atoms with Crippen molar-refractivity contribution in [1.82, 2.24) is 4.90 Å². The summed E-state index contributed by atoms with van der Waals surface area (Å²) in [6.07, 6.45) is 0.668. The fraction of sp³-hybridized carbons (Fsp3) is 0.357. The first kappa shape index (κ1) is 14.5. The van der Waals surface area contributed by atoms with Crippen LogP contribution in [0.25, 0.3) is 0 Å². The summed E-state index contributed by atoms with van der Waals surface area (Å²) in [7, 11) is 1.64. The highest BCUT2D eigenvalue weighted by molar-refractivity contribution is 5.77. The average molecular weight is 257 g/mol. The number of carbonyl (C=O) groups excluding carboxylic acids is 1. The summed E-state index contributed by atoms with van der Waals surface area (Å²) >= 11 is 0. The van der Waals surface area contributed by atoms with Gasteiger partial charge in [-0.15, -0.1) is 0 Å². The Bertz CT molecular complexity index is 497. The molecule has 98 valence electrons. The highest BCUT2D eigenvalue weighted by Crippen LogP contribution is 2.12. The molecule has 1 aromatic carbocycles. The van der Waals surface area contributed by atoms with Crippen molar-refractivity contribution in [3.05, 3.63) is 29.8 Å². The fourth-order valence-corrected chi connectivity index (χ4v) is 1.39. The van der Waals surface area contributed by atoms with E-state index in [9.17, 15) is 4.79 Å². The molecule has 0 radical (unpaired) electrons. The van der Waals surface area contributed by atoms with Crippen LogP contribution in [0.3, 0.4) is 0 Å². The fourth-order valence-electron chi connectivity index (χ4n) is 1.39. The van der Waals surface area contributed by atoms with E-state index in [4.69, 9.17) is 15.3 Å². The molecule has 0 fully saturated rings. The van der Waals surface area contributed by atoms with E-state index in [1.807, 2.05) is 6.07 Å². The van der Waals surface area contributed by atoms with Gasteiger partial charge >= 0.3 is 0 Å². The van der Waals surface area contributed by atoms with Crippen LogP contribution < -0.4 is 4.74 Å². The molecule has 1 rings (SSSR count). The molecule has 0 atom stereocenters. The summed E-state index contributed by atoms with van der Waals surface area (Å²) in [5.74, 6) is 0.417. The van der Waals surface area contributed by atoms with Gasteiger partial charge in [0.15, 0.2) is 6.61 Å². The predicted octanol–water partition coefficient (Wildman–Crippen LogP) is 1.50. The number of benzene rings is 1. The monoisotopic (exact) mass is 257 g/mol. The topological polar surface area (TPSA) is 77.1 Å². The van der Waals surface area contributed by atoms with Gasteiger partial charge in [-0.25, -0.2) is 0 Å². The van der Waals surface area contributed by atoms with Crippen molar-refractivity contribution in [3.8, 4) is 17.9 Å². The zero-order chi connectivity index (χ0) is 14.1. The lowest BCUT2D eigenvalue weighted by molar-refractivity contribution is -0.131. The molecule has 0 unspecified atom stereocenters. The van der Waals surface area contributed by atoms with E-state index in [-0.39, 0.29) is 12.5 Å². The van der Waals surface area contributed by atoms with Crippen molar-refractivity contribution in [2.45, 2.75) is 12.8 Å². The SMILES string of the molecule is CN(CCC#N)C(=O)COc1ccc(CC#N)cc1. The van der Waals surface area contributed by atoms with Crippen LogP contribution in [0.2, 0.25) is 0 Å². The third-order valence-corrected chi connectivity index (χ3v) is 2.55. The molecule has 0 saturated heterocycles. The van der Waals surface area contributed by atoms with Crippen molar-refractivity contribution in [2.24, 2.45) is 0 Å². The Morgan fingerprint density at radius 1 is 1.26 bits per heavy atom. The lowest BCUT2D eigenvalue weighted by Gasteiger charge is -2.15. The van der Waals surface area contributed by atoms with E-state index in [0.717, 1.165) is 5.56 Å². The number of amides is 1. The minimum atomic E-state index is -0.170. The van der Waals surface area contributed by atoms with Crippen LogP contribution in [0.5, 0.6) is 5.75 Å². The molecule has 0 aliphatic heterocycles. The van der Waals surface area contributed by atoms with E-state index in [1.165, 1.54) is 4.90 Å². The van der Waals surface area contributed by atoms with Crippen LogP contribution in [0.4, 0.5) is 0 Å². The smallest absolute Gasteiger partial charge is 0.260 e. The highest BCUT2D eigenvalue weighted by atomic mass is 16.5. The van der Waals surface area contributed by atoms with Gasteiger partial charge in [-0.2, -0.15) is 10.5 Å². The maximum atomic E-state index is 11.6. The normalized spacial score (nSPS) is 9.21. The number of ether oxygens (including phenoxy) is 1. The summed E-state index contributed by atoms with van der Waals surface area (Å²) in [5.41, 5.74) is 0.910. The standard InChI is InChI=1S/C14H15N3O2/c1-17(10-2-8-15)14(18)11-19-13-5-3-12(4-6-13)7-9-16/h3-6H,2,7,10-11H2,1H3. The summed E-state index contributed by atoms with van der Waals surface area (Å²) in [6, 6.07) is 11.1. The van der Waals surface area contributed by atoms with Gasteiger partial charge in [0.25, 0.3) is 5.91 Å². The number of nitrogens with zero attached hydrogens (tertiary/aromatic N) is 3. The van der Waals surface area contributed by atoms with Gasteiger partial charge in [0.05, 0.1) is 25.0 Å². The molecule has 1 aromatic rings. The molecule has 0 heterocycles. The average Bonchev–Trinajstić information content (AvgIpc) is 2.44. The summed E-state index contributed by atoms with van der Waals surface area (Å²) in [4.78, 5) is 13.1. The van der Waals surface area contributed by atoms with Crippen LogP contribution in [-0.2, 0) is 11.2 Å². The van der Waals surface area contributed by atoms with Gasteiger partial charge in [0.2, 0.25) is 0 Å². The lowest BCUT2D eigenvalue weighted by Crippen LogP contribution is -2.32. The second kappa shape index (κ2) is 7.73. The van der Waals surface area contributed by atoms with Gasteiger partial charge in [-0.3, -0.25) is 4.79 Å². The van der Waals surface area contributed by atoms with Crippen LogP contribution in [-0.4, -0.2) is 31.0 Å². The third kappa shape index (κ3) is 5.10. The predicted molar refractivity (Wildman–Crippen MR) is 69.1 cm³/mol. The molecule has 0 aliphatic rings. The Labute approximate surface area is 112 Å². The Balaban J connectivity index is 2.42. The van der Waals surface area contributed by atoms with Crippen LogP contribution in [0.1, 0.15) is 12.0 Å². The molecule has 0 spiro atoms. The van der Waals surface area contributed by atoms with Crippen LogP contribution >= 0.6 is 0 Å². The zero-order valence-electron chi connectivity index (χ0n) is 10.8. The molecular formula is C14H15N3O2. The first-order valence-electron chi connectivity index (χ1n) is 5.87. The molecule has 5 nitrogen and oxygen atoms in total. The van der Waals surface area contributed by atoms with Crippen LogP contribution in [0, 0.1) is 22.7 Å². The number of hydrogen-bond acceptors (Lipinski definition) is 4. The van der Waals surface area contributed by atoms with Crippen molar-refractivity contribution in [3.63, 3.8) is 0 Å². The van der Waals surface area contributed by atoms with Gasteiger partial charge in [-0.1, -0.05) is 12.1 Å². The van der Waals surface area contributed by atoms with Gasteiger partial charge < -0.3 is 9.64 Å². The number of carbonyl (C=O) groups is 1. The van der Waals surface area contributed by atoms with Crippen molar-refractivity contribution < 1.29 is 9.53 Å². The molecule has 5 heteroatoms. The summed E-state index contributed by atoms with van der Waals surface area (Å²) in [6.45, 7) is 0.347. The Hall–Kier alpha value is -2.53. The lowest BCUT2D eigenvalue weighted by atomic mass is 10.2. The maximum Gasteiger partial charge on any atom is 0.260 e. The molecule has 19 heavy (non-hydrogen) atoms. The first-order valence-corrected chi connectivity index (χ1v) is 5.87. The number of hydrogen-bond donors (Lipinski definition) is 0. The quantitative estimate of drug-likeness (QED) is 0.773. The van der Waals surface area contributed by atoms with Crippen molar-refractivity contribution in [2.75, 3.05) is 20.2 Å². The van der Waals surface area contributed by atoms with Gasteiger partial charge in [0, 0.05) is 13.6 Å². The first-order chi connectivity index (χ1) is 9.17. The van der Waals surface area contributed by atoms with E-state index in [1.54, 1.807) is 31.3 Å². The Morgan fingerprint density at radius 3 is 2.53 bits per heavy atom.